The first kappa shape index (κ1) is 17.2. The molecule has 3 rings (SSSR count). The molecule has 0 aromatic heterocycles. The van der Waals surface area contributed by atoms with Crippen LogP contribution in [0.2, 0.25) is 0 Å². The zero-order valence-corrected chi connectivity index (χ0v) is 14.4. The van der Waals surface area contributed by atoms with Gasteiger partial charge in [0, 0.05) is 17.9 Å². The standard InChI is InChI=1S/C20H23N3O2/c1-15-8-5-6-12-18(15)22-20(21-14-17-11-7-13-25-17)23-19(24)16-9-3-2-4-10-16/h2-6,8-10,12,17H,7,11,13-14H2,1H3,(H2,21,22,23,24). The van der Waals surface area contributed by atoms with E-state index in [1.165, 1.54) is 0 Å². The number of hydrogen-bond acceptors (Lipinski definition) is 3. The highest BCUT2D eigenvalue weighted by atomic mass is 16.5. The molecule has 0 saturated carbocycles. The summed E-state index contributed by atoms with van der Waals surface area (Å²) < 4.78 is 5.62. The monoisotopic (exact) mass is 337 g/mol. The van der Waals surface area contributed by atoms with Gasteiger partial charge in [0.15, 0.2) is 0 Å². The largest absolute Gasteiger partial charge is 0.376 e. The minimum Gasteiger partial charge on any atom is -0.376 e. The minimum absolute atomic E-state index is 0.127. The predicted molar refractivity (Wildman–Crippen MR) is 100.0 cm³/mol. The van der Waals surface area contributed by atoms with Crippen LogP contribution in [0.4, 0.5) is 5.69 Å². The average Bonchev–Trinajstić information content (AvgIpc) is 3.16. The van der Waals surface area contributed by atoms with Gasteiger partial charge in [0.25, 0.3) is 5.91 Å². The highest BCUT2D eigenvalue weighted by molar-refractivity contribution is 6.10. The van der Waals surface area contributed by atoms with Crippen LogP contribution in [0.1, 0.15) is 28.8 Å². The molecule has 1 aliphatic heterocycles. The third kappa shape index (κ3) is 4.90. The SMILES string of the molecule is Cc1ccccc1NC(=NCC1CCCO1)NC(=O)c1ccccc1. The number of nitrogens with zero attached hydrogens (tertiary/aromatic N) is 1. The van der Waals surface area contributed by atoms with Crippen LogP contribution < -0.4 is 10.6 Å². The van der Waals surface area contributed by atoms with Crippen molar-refractivity contribution in [2.75, 3.05) is 18.5 Å². The second-order valence-corrected chi connectivity index (χ2v) is 6.08. The molecule has 5 nitrogen and oxygen atoms in total. The number of benzene rings is 2. The molecule has 1 heterocycles. The van der Waals surface area contributed by atoms with Gasteiger partial charge in [0.1, 0.15) is 0 Å². The fraction of sp³-hybridized carbons (Fsp3) is 0.300. The number of amides is 1. The zero-order valence-electron chi connectivity index (χ0n) is 14.4. The molecular weight excluding hydrogens is 314 g/mol. The Morgan fingerprint density at radius 1 is 1.16 bits per heavy atom. The molecule has 1 unspecified atom stereocenters. The molecule has 0 spiro atoms. The van der Waals surface area contributed by atoms with Crippen molar-refractivity contribution in [3.63, 3.8) is 0 Å². The number of aliphatic imine (C=N–C) groups is 1. The predicted octanol–water partition coefficient (Wildman–Crippen LogP) is 3.37. The lowest BCUT2D eigenvalue weighted by atomic mass is 10.2. The summed E-state index contributed by atoms with van der Waals surface area (Å²) in [6.07, 6.45) is 2.20. The van der Waals surface area contributed by atoms with Gasteiger partial charge in [-0.3, -0.25) is 10.1 Å². The van der Waals surface area contributed by atoms with Crippen LogP contribution in [0.5, 0.6) is 0 Å². The Labute approximate surface area is 148 Å². The fourth-order valence-electron chi connectivity index (χ4n) is 2.70. The first-order valence-electron chi connectivity index (χ1n) is 8.57. The first-order chi connectivity index (χ1) is 12.2. The highest BCUT2D eigenvalue weighted by Gasteiger charge is 2.16. The van der Waals surface area contributed by atoms with Crippen LogP contribution in [0.25, 0.3) is 0 Å². The van der Waals surface area contributed by atoms with Crippen LogP contribution in [0.3, 0.4) is 0 Å². The Hall–Kier alpha value is -2.66. The van der Waals surface area contributed by atoms with Crippen molar-refractivity contribution >= 4 is 17.6 Å². The van der Waals surface area contributed by atoms with E-state index in [4.69, 9.17) is 4.74 Å². The van der Waals surface area contributed by atoms with E-state index in [0.29, 0.717) is 18.1 Å². The van der Waals surface area contributed by atoms with Gasteiger partial charge in [-0.1, -0.05) is 36.4 Å². The van der Waals surface area contributed by atoms with Gasteiger partial charge in [-0.2, -0.15) is 0 Å². The molecule has 130 valence electrons. The Balaban J connectivity index is 1.74. The zero-order chi connectivity index (χ0) is 17.5. The molecule has 5 heteroatoms. The number of carbonyl (C=O) groups is 1. The molecule has 1 atom stereocenters. The topological polar surface area (TPSA) is 62.7 Å². The lowest BCUT2D eigenvalue weighted by Gasteiger charge is -2.14. The molecule has 0 radical (unpaired) electrons. The molecule has 2 N–H and O–H groups in total. The number of ether oxygens (including phenoxy) is 1. The van der Waals surface area contributed by atoms with Crippen molar-refractivity contribution in [3.8, 4) is 0 Å². The summed E-state index contributed by atoms with van der Waals surface area (Å²) in [5, 5.41) is 6.11. The Morgan fingerprint density at radius 2 is 1.92 bits per heavy atom. The van der Waals surface area contributed by atoms with E-state index in [1.54, 1.807) is 12.1 Å². The number of para-hydroxylation sites is 1. The molecule has 1 amide bonds. The van der Waals surface area contributed by atoms with Crippen molar-refractivity contribution < 1.29 is 9.53 Å². The average molecular weight is 337 g/mol. The second kappa shape index (κ2) is 8.44. The van der Waals surface area contributed by atoms with Gasteiger partial charge >= 0.3 is 0 Å². The minimum atomic E-state index is -0.187. The summed E-state index contributed by atoms with van der Waals surface area (Å²) in [6.45, 7) is 3.33. The van der Waals surface area contributed by atoms with Crippen molar-refractivity contribution in [1.29, 1.82) is 0 Å². The van der Waals surface area contributed by atoms with Crippen molar-refractivity contribution in [2.45, 2.75) is 25.9 Å². The molecule has 1 saturated heterocycles. The molecule has 0 aliphatic carbocycles. The number of rotatable bonds is 4. The lowest BCUT2D eigenvalue weighted by molar-refractivity contribution is 0.0975. The molecule has 1 fully saturated rings. The summed E-state index contributed by atoms with van der Waals surface area (Å²) in [4.78, 5) is 17.0. The van der Waals surface area contributed by atoms with Crippen molar-refractivity contribution in [1.82, 2.24) is 5.32 Å². The third-order valence-corrected chi connectivity index (χ3v) is 4.14. The molecule has 2 aromatic rings. The van der Waals surface area contributed by atoms with Crippen LogP contribution in [-0.4, -0.2) is 31.1 Å². The number of anilines is 1. The van der Waals surface area contributed by atoms with Gasteiger partial charge in [-0.15, -0.1) is 0 Å². The lowest BCUT2D eigenvalue weighted by Crippen LogP contribution is -2.37. The first-order valence-corrected chi connectivity index (χ1v) is 8.57. The maximum Gasteiger partial charge on any atom is 0.257 e. The highest BCUT2D eigenvalue weighted by Crippen LogP contribution is 2.14. The Kier molecular flexibility index (Phi) is 5.80. The number of carbonyl (C=O) groups excluding carboxylic acids is 1. The summed E-state index contributed by atoms with van der Waals surface area (Å²) in [5.41, 5.74) is 2.60. The fourth-order valence-corrected chi connectivity index (χ4v) is 2.70. The Morgan fingerprint density at radius 3 is 2.64 bits per heavy atom. The summed E-state index contributed by atoms with van der Waals surface area (Å²) >= 11 is 0. The van der Waals surface area contributed by atoms with E-state index < -0.39 is 0 Å². The van der Waals surface area contributed by atoms with Crippen LogP contribution in [-0.2, 0) is 4.74 Å². The molecule has 25 heavy (non-hydrogen) atoms. The van der Waals surface area contributed by atoms with Crippen molar-refractivity contribution in [2.24, 2.45) is 4.99 Å². The van der Waals surface area contributed by atoms with Crippen LogP contribution >= 0.6 is 0 Å². The number of guanidine groups is 1. The second-order valence-electron chi connectivity index (χ2n) is 6.08. The summed E-state index contributed by atoms with van der Waals surface area (Å²) in [5.74, 6) is 0.256. The summed E-state index contributed by atoms with van der Waals surface area (Å²) in [6, 6.07) is 17.0. The van der Waals surface area contributed by atoms with E-state index in [2.05, 4.69) is 15.6 Å². The van der Waals surface area contributed by atoms with E-state index in [-0.39, 0.29) is 12.0 Å². The van der Waals surface area contributed by atoms with Gasteiger partial charge in [-0.05, 0) is 43.5 Å². The maximum atomic E-state index is 12.5. The van der Waals surface area contributed by atoms with E-state index in [1.807, 2.05) is 49.4 Å². The molecule has 0 bridgehead atoms. The van der Waals surface area contributed by atoms with E-state index in [9.17, 15) is 4.79 Å². The number of nitrogens with one attached hydrogen (secondary N) is 2. The van der Waals surface area contributed by atoms with Crippen LogP contribution in [0.15, 0.2) is 59.6 Å². The normalized spacial score (nSPS) is 17.3. The summed E-state index contributed by atoms with van der Waals surface area (Å²) in [7, 11) is 0. The number of aryl methyl sites for hydroxylation is 1. The van der Waals surface area contributed by atoms with Gasteiger partial charge in [0.2, 0.25) is 5.96 Å². The molecule has 2 aromatic carbocycles. The maximum absolute atomic E-state index is 12.5. The van der Waals surface area contributed by atoms with Gasteiger partial charge in [-0.25, -0.2) is 4.99 Å². The van der Waals surface area contributed by atoms with Gasteiger partial charge < -0.3 is 10.1 Å². The third-order valence-electron chi connectivity index (χ3n) is 4.14. The van der Waals surface area contributed by atoms with Gasteiger partial charge in [0.05, 0.1) is 12.6 Å². The van der Waals surface area contributed by atoms with Crippen LogP contribution in [0, 0.1) is 6.92 Å². The molecular formula is C20H23N3O2. The quantitative estimate of drug-likeness (QED) is 0.664. The van der Waals surface area contributed by atoms with E-state index in [0.717, 1.165) is 30.7 Å². The smallest absolute Gasteiger partial charge is 0.257 e. The van der Waals surface area contributed by atoms with E-state index >= 15 is 0 Å². The van der Waals surface area contributed by atoms with Crippen molar-refractivity contribution in [3.05, 3.63) is 65.7 Å². The number of hydrogen-bond donors (Lipinski definition) is 2. The molecule has 1 aliphatic rings. The Bertz CT molecular complexity index is 738.